The van der Waals surface area contributed by atoms with Crippen LogP contribution < -0.4 is 5.32 Å². The first-order valence-corrected chi connectivity index (χ1v) is 7.48. The number of nitrogens with one attached hydrogen (secondary N) is 1. The van der Waals surface area contributed by atoms with Crippen LogP contribution in [-0.4, -0.2) is 44.7 Å². The van der Waals surface area contributed by atoms with Crippen molar-refractivity contribution in [2.45, 2.75) is 25.7 Å². The summed E-state index contributed by atoms with van der Waals surface area (Å²) in [6.07, 6.45) is 4.07. The van der Waals surface area contributed by atoms with Crippen LogP contribution in [0.2, 0.25) is 0 Å². The van der Waals surface area contributed by atoms with E-state index in [0.29, 0.717) is 11.7 Å². The van der Waals surface area contributed by atoms with Crippen molar-refractivity contribution in [1.29, 1.82) is 0 Å². The Hall–Kier alpha value is -0.130. The van der Waals surface area contributed by atoms with Crippen molar-refractivity contribution < 1.29 is 8.42 Å². The van der Waals surface area contributed by atoms with Crippen LogP contribution in [0.5, 0.6) is 0 Å². The Kier molecular flexibility index (Phi) is 3.64. The van der Waals surface area contributed by atoms with Crippen LogP contribution in [0.1, 0.15) is 25.7 Å². The minimum absolute atomic E-state index is 0.347. The number of nitrogens with zero attached hydrogens (tertiary/aromatic N) is 1. The quantitative estimate of drug-likeness (QED) is 0.764. The molecule has 2 fully saturated rings. The first-order valence-electron chi connectivity index (χ1n) is 5.87. The van der Waals surface area contributed by atoms with Crippen molar-refractivity contribution in [2.24, 2.45) is 5.92 Å². The molecule has 2 rings (SSSR count). The topological polar surface area (TPSA) is 49.4 Å². The molecule has 0 unspecified atom stereocenters. The molecular formula is C10H20N2O2S. The first kappa shape index (κ1) is 11.4. The molecule has 0 aromatic carbocycles. The predicted molar refractivity (Wildman–Crippen MR) is 60.2 cm³/mol. The lowest BCUT2D eigenvalue weighted by atomic mass is 10.0. The number of rotatable bonds is 4. The molecule has 15 heavy (non-hydrogen) atoms. The van der Waals surface area contributed by atoms with Gasteiger partial charge < -0.3 is 5.32 Å². The van der Waals surface area contributed by atoms with Crippen molar-refractivity contribution in [1.82, 2.24) is 9.62 Å². The highest BCUT2D eigenvalue weighted by atomic mass is 32.2. The largest absolute Gasteiger partial charge is 0.316 e. The van der Waals surface area contributed by atoms with E-state index in [4.69, 9.17) is 0 Å². The highest BCUT2D eigenvalue weighted by Crippen LogP contribution is 2.16. The molecule has 0 spiro atoms. The Labute approximate surface area is 92.1 Å². The zero-order chi connectivity index (χ0) is 10.7. The van der Waals surface area contributed by atoms with E-state index in [0.717, 1.165) is 45.4 Å². The molecule has 0 aliphatic carbocycles. The summed E-state index contributed by atoms with van der Waals surface area (Å²) in [7, 11) is -2.95. The maximum Gasteiger partial charge on any atom is 0.214 e. The smallest absolute Gasteiger partial charge is 0.214 e. The van der Waals surface area contributed by atoms with Crippen LogP contribution in [0.4, 0.5) is 0 Å². The molecule has 0 aromatic rings. The standard InChI is InChI=1S/C10H20N2O2S/c13-15(14,7-4-10-8-11-9-10)12-5-2-1-3-6-12/h10-11H,1-9H2. The Morgan fingerprint density at radius 3 is 2.33 bits per heavy atom. The van der Waals surface area contributed by atoms with Crippen LogP contribution in [0.3, 0.4) is 0 Å². The summed E-state index contributed by atoms with van der Waals surface area (Å²) in [6.45, 7) is 3.47. The second-order valence-electron chi connectivity index (χ2n) is 4.59. The van der Waals surface area contributed by atoms with Crippen molar-refractivity contribution in [2.75, 3.05) is 31.9 Å². The summed E-state index contributed by atoms with van der Waals surface area (Å²) in [6, 6.07) is 0. The van der Waals surface area contributed by atoms with Gasteiger partial charge >= 0.3 is 0 Å². The van der Waals surface area contributed by atoms with Crippen LogP contribution in [0.25, 0.3) is 0 Å². The average molecular weight is 232 g/mol. The third-order valence-corrected chi connectivity index (χ3v) is 5.26. The van der Waals surface area contributed by atoms with Gasteiger partial charge in [-0.2, -0.15) is 0 Å². The number of hydrogen-bond donors (Lipinski definition) is 1. The molecule has 0 saturated carbocycles. The van der Waals surface area contributed by atoms with E-state index in [1.807, 2.05) is 0 Å². The molecule has 0 bridgehead atoms. The molecule has 2 aliphatic rings. The van der Waals surface area contributed by atoms with E-state index in [-0.39, 0.29) is 0 Å². The lowest BCUT2D eigenvalue weighted by Gasteiger charge is -2.29. The second kappa shape index (κ2) is 4.80. The summed E-state index contributed by atoms with van der Waals surface area (Å²) in [4.78, 5) is 0. The lowest BCUT2D eigenvalue weighted by molar-refractivity contribution is 0.325. The predicted octanol–water partition coefficient (Wildman–Crippen LogP) is 0.412. The Bertz CT molecular complexity index is 293. The minimum Gasteiger partial charge on any atom is -0.316 e. The highest BCUT2D eigenvalue weighted by Gasteiger charge is 2.26. The fourth-order valence-corrected chi connectivity index (χ4v) is 3.84. The van der Waals surface area contributed by atoms with E-state index >= 15 is 0 Å². The minimum atomic E-state index is -2.95. The van der Waals surface area contributed by atoms with E-state index < -0.39 is 10.0 Å². The fourth-order valence-electron chi connectivity index (χ4n) is 2.14. The van der Waals surface area contributed by atoms with Gasteiger partial charge in [-0.05, 0) is 38.3 Å². The van der Waals surface area contributed by atoms with Gasteiger partial charge in [0.25, 0.3) is 0 Å². The molecule has 1 N–H and O–H groups in total. The molecule has 2 aliphatic heterocycles. The van der Waals surface area contributed by atoms with Gasteiger partial charge in [0.05, 0.1) is 5.75 Å². The molecule has 0 atom stereocenters. The normalized spacial score (nSPS) is 25.1. The molecule has 2 saturated heterocycles. The van der Waals surface area contributed by atoms with Gasteiger partial charge in [-0.1, -0.05) is 6.42 Å². The average Bonchev–Trinajstić information content (AvgIpc) is 2.16. The van der Waals surface area contributed by atoms with Crippen molar-refractivity contribution in [3.8, 4) is 0 Å². The summed E-state index contributed by atoms with van der Waals surface area (Å²) < 4.78 is 25.6. The van der Waals surface area contributed by atoms with Gasteiger partial charge in [0.1, 0.15) is 0 Å². The zero-order valence-corrected chi connectivity index (χ0v) is 9.93. The van der Waals surface area contributed by atoms with Crippen molar-refractivity contribution in [3.05, 3.63) is 0 Å². The Balaban J connectivity index is 1.81. The monoisotopic (exact) mass is 232 g/mol. The van der Waals surface area contributed by atoms with E-state index in [1.54, 1.807) is 4.31 Å². The van der Waals surface area contributed by atoms with Crippen LogP contribution in [0, 0.1) is 5.92 Å². The van der Waals surface area contributed by atoms with Crippen LogP contribution >= 0.6 is 0 Å². The maximum atomic E-state index is 11.9. The zero-order valence-electron chi connectivity index (χ0n) is 9.11. The molecule has 0 amide bonds. The fraction of sp³-hybridized carbons (Fsp3) is 1.00. The first-order chi connectivity index (χ1) is 7.18. The van der Waals surface area contributed by atoms with E-state index in [2.05, 4.69) is 5.32 Å². The van der Waals surface area contributed by atoms with Gasteiger partial charge in [-0.3, -0.25) is 0 Å². The van der Waals surface area contributed by atoms with Crippen LogP contribution in [0.15, 0.2) is 0 Å². The van der Waals surface area contributed by atoms with Gasteiger partial charge in [-0.15, -0.1) is 0 Å². The number of hydrogen-bond acceptors (Lipinski definition) is 3. The van der Waals surface area contributed by atoms with Gasteiger partial charge in [0.15, 0.2) is 0 Å². The second-order valence-corrected chi connectivity index (χ2v) is 6.68. The number of piperidine rings is 1. The Morgan fingerprint density at radius 2 is 1.80 bits per heavy atom. The summed E-state index contributed by atoms with van der Waals surface area (Å²) in [5, 5.41) is 3.17. The maximum absolute atomic E-state index is 11.9. The van der Waals surface area contributed by atoms with Gasteiger partial charge in [-0.25, -0.2) is 12.7 Å². The molecule has 2 heterocycles. The van der Waals surface area contributed by atoms with E-state index in [9.17, 15) is 8.42 Å². The molecule has 0 aromatic heterocycles. The van der Waals surface area contributed by atoms with Gasteiger partial charge in [0, 0.05) is 13.1 Å². The van der Waals surface area contributed by atoms with Crippen molar-refractivity contribution >= 4 is 10.0 Å². The van der Waals surface area contributed by atoms with Crippen molar-refractivity contribution in [3.63, 3.8) is 0 Å². The Morgan fingerprint density at radius 1 is 1.13 bits per heavy atom. The molecule has 0 radical (unpaired) electrons. The third kappa shape index (κ3) is 2.92. The number of sulfonamides is 1. The summed E-state index contributed by atoms with van der Waals surface area (Å²) in [5.74, 6) is 0.934. The molecule has 88 valence electrons. The SMILES string of the molecule is O=S(=O)(CCC1CNC1)N1CCCCC1. The molecular weight excluding hydrogens is 212 g/mol. The highest BCUT2D eigenvalue weighted by molar-refractivity contribution is 7.89. The summed E-state index contributed by atoms with van der Waals surface area (Å²) in [5.41, 5.74) is 0. The van der Waals surface area contributed by atoms with Gasteiger partial charge in [0.2, 0.25) is 10.0 Å². The molecule has 5 heteroatoms. The molecule has 4 nitrogen and oxygen atoms in total. The van der Waals surface area contributed by atoms with Crippen LogP contribution in [-0.2, 0) is 10.0 Å². The lowest BCUT2D eigenvalue weighted by Crippen LogP contribution is -2.44. The van der Waals surface area contributed by atoms with E-state index in [1.165, 1.54) is 6.42 Å². The third-order valence-electron chi connectivity index (χ3n) is 3.36. The summed E-state index contributed by atoms with van der Waals surface area (Å²) >= 11 is 0.